The van der Waals surface area contributed by atoms with Crippen molar-refractivity contribution in [3.8, 4) is 0 Å². The predicted molar refractivity (Wildman–Crippen MR) is 34.3 cm³/mol. The summed E-state index contributed by atoms with van der Waals surface area (Å²) in [6.45, 7) is -0.250. The van der Waals surface area contributed by atoms with Gasteiger partial charge in [-0.3, -0.25) is 0 Å². The molecule has 0 aliphatic rings. The van der Waals surface area contributed by atoms with E-state index < -0.39 is 0 Å². The van der Waals surface area contributed by atoms with E-state index in [4.69, 9.17) is 10.2 Å². The molecule has 0 radical (unpaired) electrons. The van der Waals surface area contributed by atoms with Crippen LogP contribution in [0.2, 0.25) is 0 Å². The second-order valence-electron chi connectivity index (χ2n) is 0.855. The molecule has 0 rings (SSSR count). The van der Waals surface area contributed by atoms with E-state index in [1.807, 2.05) is 0 Å². The molecular formula is C4H13NaO3. The van der Waals surface area contributed by atoms with E-state index in [0.717, 1.165) is 0 Å². The van der Waals surface area contributed by atoms with E-state index in [9.17, 15) is 0 Å². The zero-order valence-electron chi connectivity index (χ0n) is 4.72. The molecule has 0 aromatic heterocycles. The van der Waals surface area contributed by atoms with Gasteiger partial charge in [-0.1, -0.05) is 0 Å². The van der Waals surface area contributed by atoms with E-state index in [2.05, 4.69) is 4.74 Å². The van der Waals surface area contributed by atoms with Crippen LogP contribution < -0.4 is 0 Å². The van der Waals surface area contributed by atoms with Gasteiger partial charge < -0.3 is 14.9 Å². The number of aliphatic hydroxyl groups excluding tert-OH is 2. The summed E-state index contributed by atoms with van der Waals surface area (Å²) in [5.74, 6) is 0. The van der Waals surface area contributed by atoms with Gasteiger partial charge in [-0.15, -0.1) is 0 Å². The van der Waals surface area contributed by atoms with Crippen molar-refractivity contribution in [2.24, 2.45) is 0 Å². The van der Waals surface area contributed by atoms with Crippen molar-refractivity contribution in [3.63, 3.8) is 0 Å². The average molecular weight is 132 g/mol. The number of aliphatic hydroxyl groups is 2. The molecule has 0 aromatic rings. The fourth-order valence-corrected chi connectivity index (χ4v) is 0. The Morgan fingerprint density at radius 3 is 1.25 bits per heavy atom. The third-order valence-electron chi connectivity index (χ3n) is 0.1000. The molecule has 48 valence electrons. The molecular weight excluding hydrogens is 119 g/mol. The molecule has 0 atom stereocenters. The molecule has 4 heteroatoms. The molecule has 0 aliphatic heterocycles. The normalized spacial score (nSPS) is 6.00. The molecule has 0 unspecified atom stereocenters. The van der Waals surface area contributed by atoms with Gasteiger partial charge in [-0.25, -0.2) is 0 Å². The van der Waals surface area contributed by atoms with Crippen LogP contribution in [0.4, 0.5) is 0 Å². The van der Waals surface area contributed by atoms with Crippen LogP contribution >= 0.6 is 0 Å². The minimum absolute atomic E-state index is 0. The fraction of sp³-hybridized carbons (Fsp3) is 1.00. The van der Waals surface area contributed by atoms with E-state index >= 15 is 0 Å². The van der Waals surface area contributed by atoms with Crippen LogP contribution in [0.5, 0.6) is 0 Å². The van der Waals surface area contributed by atoms with E-state index in [1.165, 1.54) is 0 Å². The first-order valence-corrected chi connectivity index (χ1v) is 1.95. The molecule has 3 nitrogen and oxygen atoms in total. The van der Waals surface area contributed by atoms with Gasteiger partial charge >= 0.3 is 29.6 Å². The Morgan fingerprint density at radius 1 is 1.12 bits per heavy atom. The standard InChI is InChI=1S/C2H6O2.C2H6O.Na.H/c3-1-2-4;1-3-2;;/h3-4H,1-2H2;1-2H3;;. The van der Waals surface area contributed by atoms with Gasteiger partial charge in [0.05, 0.1) is 13.2 Å². The molecule has 0 fully saturated rings. The molecule has 0 bridgehead atoms. The van der Waals surface area contributed by atoms with Crippen LogP contribution in [0.3, 0.4) is 0 Å². The van der Waals surface area contributed by atoms with Gasteiger partial charge in [-0.2, -0.15) is 0 Å². The zero-order chi connectivity index (χ0) is 6.12. The van der Waals surface area contributed by atoms with Crippen LogP contribution in [-0.4, -0.2) is 67.2 Å². The summed E-state index contributed by atoms with van der Waals surface area (Å²) in [6, 6.07) is 0. The third-order valence-corrected chi connectivity index (χ3v) is 0.1000. The Kier molecular flexibility index (Phi) is 49.4. The van der Waals surface area contributed by atoms with Gasteiger partial charge in [0.1, 0.15) is 0 Å². The minimum atomic E-state index is -0.125. The van der Waals surface area contributed by atoms with Crippen LogP contribution in [0.1, 0.15) is 0 Å². The van der Waals surface area contributed by atoms with E-state index in [-0.39, 0.29) is 42.8 Å². The Bertz CT molecular complexity index is 18.8. The average Bonchev–Trinajstić information content (AvgIpc) is 1.69. The fourth-order valence-electron chi connectivity index (χ4n) is 0. The topological polar surface area (TPSA) is 49.7 Å². The molecule has 0 amide bonds. The van der Waals surface area contributed by atoms with Crippen LogP contribution in [0.25, 0.3) is 0 Å². The first kappa shape index (κ1) is 15.9. The van der Waals surface area contributed by atoms with Gasteiger partial charge in [0.2, 0.25) is 0 Å². The summed E-state index contributed by atoms with van der Waals surface area (Å²) in [5.41, 5.74) is 0. The molecule has 0 heterocycles. The summed E-state index contributed by atoms with van der Waals surface area (Å²) in [5, 5.41) is 15.2. The SMILES string of the molecule is COC.OCCO.[NaH]. The number of hydrogen-bond acceptors (Lipinski definition) is 3. The second-order valence-corrected chi connectivity index (χ2v) is 0.855. The number of ether oxygens (including phenoxy) is 1. The molecule has 0 saturated carbocycles. The molecule has 0 saturated heterocycles. The van der Waals surface area contributed by atoms with Gasteiger partial charge in [0.15, 0.2) is 0 Å². The molecule has 0 spiro atoms. The maximum absolute atomic E-state index is 7.62. The summed E-state index contributed by atoms with van der Waals surface area (Å²) in [4.78, 5) is 0. The van der Waals surface area contributed by atoms with E-state index in [0.29, 0.717) is 0 Å². The van der Waals surface area contributed by atoms with E-state index in [1.54, 1.807) is 14.2 Å². The van der Waals surface area contributed by atoms with Gasteiger partial charge in [-0.05, 0) is 0 Å². The Balaban J connectivity index is -0.0000000575. The summed E-state index contributed by atoms with van der Waals surface area (Å²) in [6.07, 6.45) is 0. The number of methoxy groups -OCH3 is 1. The molecule has 0 aromatic carbocycles. The summed E-state index contributed by atoms with van der Waals surface area (Å²) < 4.78 is 4.25. The van der Waals surface area contributed by atoms with Crippen molar-refractivity contribution >= 4 is 29.6 Å². The van der Waals surface area contributed by atoms with Crippen molar-refractivity contribution < 1.29 is 14.9 Å². The van der Waals surface area contributed by atoms with Crippen molar-refractivity contribution in [1.82, 2.24) is 0 Å². The van der Waals surface area contributed by atoms with Crippen LogP contribution in [0.15, 0.2) is 0 Å². The Hall–Kier alpha value is 0.880. The number of hydrogen-bond donors (Lipinski definition) is 2. The van der Waals surface area contributed by atoms with Crippen molar-refractivity contribution in [3.05, 3.63) is 0 Å². The van der Waals surface area contributed by atoms with Gasteiger partial charge in [0, 0.05) is 14.2 Å². The van der Waals surface area contributed by atoms with Crippen LogP contribution in [-0.2, 0) is 4.74 Å². The molecule has 8 heavy (non-hydrogen) atoms. The first-order valence-electron chi connectivity index (χ1n) is 1.95. The van der Waals surface area contributed by atoms with Gasteiger partial charge in [0.25, 0.3) is 0 Å². The van der Waals surface area contributed by atoms with Crippen molar-refractivity contribution in [2.45, 2.75) is 0 Å². The Morgan fingerprint density at radius 2 is 1.25 bits per heavy atom. The third kappa shape index (κ3) is 67.3. The Labute approximate surface area is 72.0 Å². The number of rotatable bonds is 1. The molecule has 0 aliphatic carbocycles. The van der Waals surface area contributed by atoms with Crippen LogP contribution in [0, 0.1) is 0 Å². The molecule has 2 N–H and O–H groups in total. The summed E-state index contributed by atoms with van der Waals surface area (Å²) >= 11 is 0. The second kappa shape index (κ2) is 24.8. The first-order chi connectivity index (χ1) is 3.33. The van der Waals surface area contributed by atoms with Crippen molar-refractivity contribution in [1.29, 1.82) is 0 Å². The summed E-state index contributed by atoms with van der Waals surface area (Å²) in [7, 11) is 3.25. The van der Waals surface area contributed by atoms with Crippen molar-refractivity contribution in [2.75, 3.05) is 27.4 Å². The maximum atomic E-state index is 7.62. The zero-order valence-corrected chi connectivity index (χ0v) is 4.72. The predicted octanol–water partition coefficient (Wildman–Crippen LogP) is -1.41. The quantitative estimate of drug-likeness (QED) is 0.431. The monoisotopic (exact) mass is 132 g/mol.